The summed E-state index contributed by atoms with van der Waals surface area (Å²) in [5, 5.41) is 20.6. The minimum absolute atomic E-state index is 0.435. The van der Waals surface area contributed by atoms with Gasteiger partial charge >= 0.3 is 5.97 Å². The van der Waals surface area contributed by atoms with Crippen LogP contribution < -0.4 is 10.2 Å². The summed E-state index contributed by atoms with van der Waals surface area (Å²) in [6.07, 6.45) is 0. The standard InChI is InChI=1S/C12H15N3O2/c1-8(12(16)17)14-11-5-4-10(15(2)3)6-9(11)7-13/h4-6,8,14H,1-3H3,(H,16,17)/t8-/m0/s1. The fourth-order valence-corrected chi connectivity index (χ4v) is 1.32. The Morgan fingerprint density at radius 3 is 2.65 bits per heavy atom. The monoisotopic (exact) mass is 233 g/mol. The Kier molecular flexibility index (Phi) is 3.94. The zero-order chi connectivity index (χ0) is 13.0. The van der Waals surface area contributed by atoms with Crippen LogP contribution in [0.2, 0.25) is 0 Å². The van der Waals surface area contributed by atoms with Gasteiger partial charge in [-0.05, 0) is 25.1 Å². The van der Waals surface area contributed by atoms with Crippen molar-refractivity contribution in [3.05, 3.63) is 23.8 Å². The minimum Gasteiger partial charge on any atom is -0.480 e. The summed E-state index contributed by atoms with van der Waals surface area (Å²) in [6, 6.07) is 6.59. The SMILES string of the molecule is C[C@H](Nc1ccc(N(C)C)cc1C#N)C(=O)O. The first-order valence-electron chi connectivity index (χ1n) is 5.16. The van der Waals surface area contributed by atoms with Crippen molar-refractivity contribution >= 4 is 17.3 Å². The van der Waals surface area contributed by atoms with Crippen molar-refractivity contribution in [2.45, 2.75) is 13.0 Å². The summed E-state index contributed by atoms with van der Waals surface area (Å²) in [5.41, 5.74) is 1.87. The molecule has 0 unspecified atom stereocenters. The third-order valence-corrected chi connectivity index (χ3v) is 2.38. The van der Waals surface area contributed by atoms with Crippen molar-refractivity contribution in [1.29, 1.82) is 5.26 Å². The van der Waals surface area contributed by atoms with Crippen molar-refractivity contribution < 1.29 is 9.90 Å². The topological polar surface area (TPSA) is 76.4 Å². The smallest absolute Gasteiger partial charge is 0.325 e. The van der Waals surface area contributed by atoms with E-state index in [0.717, 1.165) is 5.69 Å². The Bertz CT molecular complexity index is 463. The number of carbonyl (C=O) groups is 1. The number of nitrogens with zero attached hydrogens (tertiary/aromatic N) is 2. The number of carboxylic acid groups (broad SMARTS) is 1. The first-order valence-corrected chi connectivity index (χ1v) is 5.16. The van der Waals surface area contributed by atoms with E-state index in [1.807, 2.05) is 25.1 Å². The molecule has 1 rings (SSSR count). The average molecular weight is 233 g/mol. The number of carboxylic acids is 1. The number of hydrogen-bond donors (Lipinski definition) is 2. The van der Waals surface area contributed by atoms with E-state index in [4.69, 9.17) is 10.4 Å². The molecule has 0 amide bonds. The van der Waals surface area contributed by atoms with Crippen molar-refractivity contribution in [2.24, 2.45) is 0 Å². The molecule has 0 fully saturated rings. The maximum absolute atomic E-state index is 10.7. The molecule has 0 aliphatic carbocycles. The molecule has 0 aliphatic rings. The molecule has 0 radical (unpaired) electrons. The van der Waals surface area contributed by atoms with E-state index >= 15 is 0 Å². The van der Waals surface area contributed by atoms with Crippen LogP contribution in [0.25, 0.3) is 0 Å². The number of nitriles is 1. The number of aliphatic carboxylic acids is 1. The van der Waals surface area contributed by atoms with Gasteiger partial charge in [-0.1, -0.05) is 0 Å². The number of anilines is 2. The van der Waals surface area contributed by atoms with Gasteiger partial charge in [-0.2, -0.15) is 5.26 Å². The molecule has 1 aromatic rings. The molecule has 0 saturated carbocycles. The van der Waals surface area contributed by atoms with Crippen LogP contribution in [0.5, 0.6) is 0 Å². The van der Waals surface area contributed by atoms with Gasteiger partial charge in [0.2, 0.25) is 0 Å². The molecule has 2 N–H and O–H groups in total. The lowest BCUT2D eigenvalue weighted by Crippen LogP contribution is -2.25. The summed E-state index contributed by atoms with van der Waals surface area (Å²) in [4.78, 5) is 12.6. The highest BCUT2D eigenvalue weighted by molar-refractivity contribution is 5.78. The Labute approximate surface area is 100 Å². The van der Waals surface area contributed by atoms with Gasteiger partial charge in [0.05, 0.1) is 11.3 Å². The van der Waals surface area contributed by atoms with Gasteiger partial charge in [0.25, 0.3) is 0 Å². The average Bonchev–Trinajstić information content (AvgIpc) is 2.28. The van der Waals surface area contributed by atoms with Crippen LogP contribution in [0.4, 0.5) is 11.4 Å². The Morgan fingerprint density at radius 1 is 1.53 bits per heavy atom. The number of benzene rings is 1. The first-order chi connectivity index (χ1) is 7.95. The Hall–Kier alpha value is -2.22. The molecule has 0 aromatic heterocycles. The molecule has 0 bridgehead atoms. The summed E-state index contributed by atoms with van der Waals surface area (Å²) in [6.45, 7) is 1.53. The van der Waals surface area contributed by atoms with Crippen LogP contribution in [0.15, 0.2) is 18.2 Å². The second-order valence-corrected chi connectivity index (χ2v) is 3.94. The van der Waals surface area contributed by atoms with E-state index < -0.39 is 12.0 Å². The summed E-state index contributed by atoms with van der Waals surface area (Å²) in [5.74, 6) is -0.953. The fraction of sp³-hybridized carbons (Fsp3) is 0.333. The Balaban J connectivity index is 3.02. The molecule has 0 aliphatic heterocycles. The fourth-order valence-electron chi connectivity index (χ4n) is 1.32. The van der Waals surface area contributed by atoms with Crippen molar-refractivity contribution in [3.8, 4) is 6.07 Å². The first kappa shape index (κ1) is 12.8. The van der Waals surface area contributed by atoms with Crippen LogP contribution >= 0.6 is 0 Å². The molecule has 0 spiro atoms. The highest BCUT2D eigenvalue weighted by atomic mass is 16.4. The van der Waals surface area contributed by atoms with Crippen molar-refractivity contribution in [3.63, 3.8) is 0 Å². The molecule has 90 valence electrons. The van der Waals surface area contributed by atoms with E-state index in [-0.39, 0.29) is 0 Å². The maximum Gasteiger partial charge on any atom is 0.325 e. The predicted molar refractivity (Wildman–Crippen MR) is 66.2 cm³/mol. The number of hydrogen-bond acceptors (Lipinski definition) is 4. The van der Waals surface area contributed by atoms with Crippen LogP contribution in [-0.4, -0.2) is 31.2 Å². The van der Waals surface area contributed by atoms with E-state index in [0.29, 0.717) is 11.3 Å². The predicted octanol–water partition coefficient (Wildman–Crippen LogP) is 1.51. The van der Waals surface area contributed by atoms with Gasteiger partial charge in [0.15, 0.2) is 0 Å². The van der Waals surface area contributed by atoms with Crippen LogP contribution in [0.3, 0.4) is 0 Å². The van der Waals surface area contributed by atoms with Gasteiger partial charge < -0.3 is 15.3 Å². The molecule has 0 saturated heterocycles. The van der Waals surface area contributed by atoms with Gasteiger partial charge in [-0.25, -0.2) is 0 Å². The van der Waals surface area contributed by atoms with Gasteiger partial charge in [-0.3, -0.25) is 4.79 Å². The molecule has 17 heavy (non-hydrogen) atoms. The van der Waals surface area contributed by atoms with Gasteiger partial charge in [-0.15, -0.1) is 0 Å². The highest BCUT2D eigenvalue weighted by Crippen LogP contribution is 2.22. The minimum atomic E-state index is -0.953. The van der Waals surface area contributed by atoms with Crippen molar-refractivity contribution in [2.75, 3.05) is 24.3 Å². The molecule has 0 heterocycles. The van der Waals surface area contributed by atoms with Crippen LogP contribution in [0.1, 0.15) is 12.5 Å². The van der Waals surface area contributed by atoms with E-state index in [2.05, 4.69) is 11.4 Å². The third-order valence-electron chi connectivity index (χ3n) is 2.38. The molecule has 5 heteroatoms. The van der Waals surface area contributed by atoms with Crippen molar-refractivity contribution in [1.82, 2.24) is 0 Å². The van der Waals surface area contributed by atoms with Crippen LogP contribution in [-0.2, 0) is 4.79 Å². The molecular formula is C12H15N3O2. The largest absolute Gasteiger partial charge is 0.480 e. The Morgan fingerprint density at radius 2 is 2.18 bits per heavy atom. The lowest BCUT2D eigenvalue weighted by molar-refractivity contribution is -0.137. The molecular weight excluding hydrogens is 218 g/mol. The molecule has 5 nitrogen and oxygen atoms in total. The second-order valence-electron chi connectivity index (χ2n) is 3.94. The van der Waals surface area contributed by atoms with Crippen LogP contribution in [0, 0.1) is 11.3 Å². The number of nitrogens with one attached hydrogen (secondary N) is 1. The lowest BCUT2D eigenvalue weighted by Gasteiger charge is -2.16. The third kappa shape index (κ3) is 3.11. The number of rotatable bonds is 4. The van der Waals surface area contributed by atoms with Gasteiger partial charge in [0.1, 0.15) is 12.1 Å². The summed E-state index contributed by atoms with van der Waals surface area (Å²) in [7, 11) is 3.76. The normalized spacial score (nSPS) is 11.4. The van der Waals surface area contributed by atoms with E-state index in [1.165, 1.54) is 6.92 Å². The summed E-state index contributed by atoms with van der Waals surface area (Å²) < 4.78 is 0. The zero-order valence-electron chi connectivity index (χ0n) is 10.1. The molecule has 1 aromatic carbocycles. The maximum atomic E-state index is 10.7. The second kappa shape index (κ2) is 5.21. The summed E-state index contributed by atoms with van der Waals surface area (Å²) >= 11 is 0. The quantitative estimate of drug-likeness (QED) is 0.824. The molecule has 1 atom stereocenters. The highest BCUT2D eigenvalue weighted by Gasteiger charge is 2.13. The van der Waals surface area contributed by atoms with Gasteiger partial charge in [0, 0.05) is 19.8 Å². The zero-order valence-corrected chi connectivity index (χ0v) is 10.1. The van der Waals surface area contributed by atoms with E-state index in [9.17, 15) is 4.79 Å². The van der Waals surface area contributed by atoms with E-state index in [1.54, 1.807) is 12.1 Å². The lowest BCUT2D eigenvalue weighted by atomic mass is 10.1.